The molecule has 1 N–H and O–H groups in total. The van der Waals surface area contributed by atoms with E-state index < -0.39 is 0 Å². The lowest BCUT2D eigenvalue weighted by molar-refractivity contribution is -0.132. The Morgan fingerprint density at radius 2 is 2.25 bits per heavy atom. The van der Waals surface area contributed by atoms with Gasteiger partial charge in [-0.2, -0.15) is 0 Å². The van der Waals surface area contributed by atoms with Gasteiger partial charge in [0.1, 0.15) is 5.76 Å². The number of carbonyl (C=O) groups excluding carboxylic acids is 1. The van der Waals surface area contributed by atoms with Gasteiger partial charge in [0, 0.05) is 61.4 Å². The summed E-state index contributed by atoms with van der Waals surface area (Å²) in [5, 5.41) is 7.10. The van der Waals surface area contributed by atoms with Gasteiger partial charge in [-0.3, -0.25) is 14.7 Å². The highest BCUT2D eigenvalue weighted by molar-refractivity contribution is 6.29. The number of halogens is 1. The molecule has 0 bridgehead atoms. The van der Waals surface area contributed by atoms with Crippen LogP contribution in [0.5, 0.6) is 0 Å². The highest BCUT2D eigenvalue weighted by atomic mass is 35.5. The smallest absolute Gasteiger partial charge is 0.272 e. The van der Waals surface area contributed by atoms with Crippen LogP contribution in [0.1, 0.15) is 49.3 Å². The van der Waals surface area contributed by atoms with E-state index in [-0.39, 0.29) is 17.4 Å². The molecule has 4 heterocycles. The molecule has 8 nitrogen and oxygen atoms in total. The first kappa shape index (κ1) is 18.7. The number of likely N-dealkylation sites (tertiary alicyclic amines) is 1. The number of nitrogens with one attached hydrogen (secondary N) is 1. The summed E-state index contributed by atoms with van der Waals surface area (Å²) in [5.41, 5.74) is 2.24. The third-order valence-corrected chi connectivity index (χ3v) is 5.39. The Bertz CT molecular complexity index is 1050. The number of hydrogen-bond acceptors (Lipinski definition) is 5. The van der Waals surface area contributed by atoms with E-state index in [9.17, 15) is 9.59 Å². The van der Waals surface area contributed by atoms with Crippen molar-refractivity contribution >= 4 is 23.2 Å². The van der Waals surface area contributed by atoms with Crippen molar-refractivity contribution < 1.29 is 9.32 Å². The van der Waals surface area contributed by atoms with Gasteiger partial charge >= 0.3 is 0 Å². The number of aromatic nitrogens is 4. The van der Waals surface area contributed by atoms with Gasteiger partial charge in [0.15, 0.2) is 10.8 Å². The number of hydrogen-bond donors (Lipinski definition) is 1. The fraction of sp³-hybridized carbons (Fsp3) is 0.474. The van der Waals surface area contributed by atoms with Gasteiger partial charge < -0.3 is 9.42 Å². The van der Waals surface area contributed by atoms with Crippen molar-refractivity contribution in [2.24, 2.45) is 0 Å². The maximum absolute atomic E-state index is 12.6. The van der Waals surface area contributed by atoms with E-state index in [1.165, 1.54) is 4.52 Å². The van der Waals surface area contributed by atoms with Crippen LogP contribution in [0.15, 0.2) is 27.5 Å². The van der Waals surface area contributed by atoms with Crippen LogP contribution in [0.3, 0.4) is 0 Å². The highest BCUT2D eigenvalue weighted by Crippen LogP contribution is 2.27. The molecule has 1 aliphatic heterocycles. The fourth-order valence-electron chi connectivity index (χ4n) is 3.70. The minimum absolute atomic E-state index is 0.0805. The van der Waals surface area contributed by atoms with Gasteiger partial charge in [-0.25, -0.2) is 9.50 Å². The third kappa shape index (κ3) is 3.82. The summed E-state index contributed by atoms with van der Waals surface area (Å²) in [6.07, 6.45) is 3.43. The zero-order valence-electron chi connectivity index (χ0n) is 15.7. The van der Waals surface area contributed by atoms with E-state index in [4.69, 9.17) is 16.1 Å². The number of carbonyl (C=O) groups is 1. The predicted molar refractivity (Wildman–Crippen MR) is 104 cm³/mol. The Hall–Kier alpha value is -2.61. The number of amides is 1. The Morgan fingerprint density at radius 3 is 3.00 bits per heavy atom. The molecule has 148 valence electrons. The molecule has 1 saturated heterocycles. The van der Waals surface area contributed by atoms with Gasteiger partial charge in [0.05, 0.1) is 0 Å². The van der Waals surface area contributed by atoms with Crippen molar-refractivity contribution in [3.05, 3.63) is 50.9 Å². The summed E-state index contributed by atoms with van der Waals surface area (Å²) >= 11 is 5.74. The molecule has 0 aromatic carbocycles. The van der Waals surface area contributed by atoms with E-state index in [0.717, 1.165) is 30.8 Å². The van der Waals surface area contributed by atoms with E-state index in [2.05, 4.69) is 15.2 Å². The average Bonchev–Trinajstić information content (AvgIpc) is 3.32. The normalized spacial score (nSPS) is 17.4. The maximum atomic E-state index is 12.6. The Kier molecular flexibility index (Phi) is 5.21. The number of H-pyrrole nitrogens is 1. The maximum Gasteiger partial charge on any atom is 0.272 e. The molecule has 9 heteroatoms. The number of rotatable bonds is 5. The molecule has 28 heavy (non-hydrogen) atoms. The van der Waals surface area contributed by atoms with Crippen molar-refractivity contribution in [1.82, 2.24) is 24.7 Å². The predicted octanol–water partition coefficient (Wildman–Crippen LogP) is 2.57. The number of nitrogens with zero attached hydrogens (tertiary/aromatic N) is 4. The third-order valence-electron chi connectivity index (χ3n) is 5.21. The topological polar surface area (TPSA) is 96.5 Å². The lowest BCUT2D eigenvalue weighted by atomic mass is 9.94. The van der Waals surface area contributed by atoms with Crippen molar-refractivity contribution in [3.63, 3.8) is 0 Å². The van der Waals surface area contributed by atoms with Gasteiger partial charge in [-0.15, -0.1) is 0 Å². The van der Waals surface area contributed by atoms with Crippen molar-refractivity contribution in [2.45, 2.75) is 44.9 Å². The SMILES string of the molecule is CCc1cc(=O)n2[nH]c(C3CCCN(C(=O)CCc4cc(Cl)no4)C3)cc2n1. The van der Waals surface area contributed by atoms with Gasteiger partial charge in [0.2, 0.25) is 5.91 Å². The summed E-state index contributed by atoms with van der Waals surface area (Å²) in [7, 11) is 0. The van der Waals surface area contributed by atoms with Crippen molar-refractivity contribution in [3.8, 4) is 0 Å². The number of aromatic amines is 1. The molecule has 0 radical (unpaired) electrons. The Morgan fingerprint density at radius 1 is 1.39 bits per heavy atom. The van der Waals surface area contributed by atoms with E-state index in [1.54, 1.807) is 12.1 Å². The summed E-state index contributed by atoms with van der Waals surface area (Å²) in [4.78, 5) is 31.3. The zero-order valence-corrected chi connectivity index (χ0v) is 16.4. The first-order valence-corrected chi connectivity index (χ1v) is 9.91. The van der Waals surface area contributed by atoms with Gasteiger partial charge in [-0.05, 0) is 19.3 Å². The van der Waals surface area contributed by atoms with Crippen LogP contribution in [-0.2, 0) is 17.6 Å². The minimum Gasteiger partial charge on any atom is -0.360 e. The molecule has 1 amide bonds. The van der Waals surface area contributed by atoms with Gasteiger partial charge in [-0.1, -0.05) is 23.7 Å². The molecule has 1 atom stereocenters. The largest absolute Gasteiger partial charge is 0.360 e. The second-order valence-corrected chi connectivity index (χ2v) is 7.53. The van der Waals surface area contributed by atoms with Crippen LogP contribution in [-0.4, -0.2) is 43.7 Å². The molecule has 0 aliphatic carbocycles. The average molecular weight is 404 g/mol. The lowest BCUT2D eigenvalue weighted by Crippen LogP contribution is -2.39. The summed E-state index contributed by atoms with van der Waals surface area (Å²) in [6, 6.07) is 5.11. The molecule has 0 saturated carbocycles. The Labute approximate surface area is 166 Å². The van der Waals surface area contributed by atoms with Crippen LogP contribution in [0.4, 0.5) is 0 Å². The minimum atomic E-state index is -0.109. The van der Waals surface area contributed by atoms with Gasteiger partial charge in [0.25, 0.3) is 5.56 Å². The molecule has 0 spiro atoms. The second-order valence-electron chi connectivity index (χ2n) is 7.14. The monoisotopic (exact) mass is 403 g/mol. The molecule has 1 aliphatic rings. The van der Waals surface area contributed by atoms with E-state index >= 15 is 0 Å². The second kappa shape index (κ2) is 7.79. The molecule has 1 fully saturated rings. The van der Waals surface area contributed by atoms with E-state index in [0.29, 0.717) is 42.4 Å². The Balaban J connectivity index is 1.46. The standard InChI is InChI=1S/C19H22ClN5O3/c1-2-13-8-19(27)25-17(21-13)10-15(22-25)12-4-3-7-24(11-12)18(26)6-5-14-9-16(20)23-28-14/h8-10,12,22H,2-7,11H2,1H3. The van der Waals surface area contributed by atoms with Crippen molar-refractivity contribution in [2.75, 3.05) is 13.1 Å². The number of fused-ring (bicyclic) bond motifs is 1. The highest BCUT2D eigenvalue weighted by Gasteiger charge is 2.26. The summed E-state index contributed by atoms with van der Waals surface area (Å²) in [5.74, 6) is 0.847. The van der Waals surface area contributed by atoms with Crippen LogP contribution < -0.4 is 5.56 Å². The van der Waals surface area contributed by atoms with Crippen LogP contribution in [0, 0.1) is 0 Å². The number of aryl methyl sites for hydroxylation is 2. The molecular formula is C19H22ClN5O3. The molecule has 3 aromatic rings. The fourth-order valence-corrected chi connectivity index (χ4v) is 3.86. The quantitative estimate of drug-likeness (QED) is 0.706. The van der Waals surface area contributed by atoms with Crippen LogP contribution in [0.2, 0.25) is 5.15 Å². The first-order chi connectivity index (χ1) is 13.5. The van der Waals surface area contributed by atoms with Crippen LogP contribution in [0.25, 0.3) is 5.65 Å². The number of piperidine rings is 1. The molecule has 1 unspecified atom stereocenters. The zero-order chi connectivity index (χ0) is 19.7. The first-order valence-electron chi connectivity index (χ1n) is 9.54. The van der Waals surface area contributed by atoms with E-state index in [1.807, 2.05) is 17.9 Å². The van der Waals surface area contributed by atoms with Crippen LogP contribution >= 0.6 is 11.6 Å². The summed E-state index contributed by atoms with van der Waals surface area (Å²) < 4.78 is 6.53. The molecule has 3 aromatic heterocycles. The molecule has 4 rings (SSSR count). The molecular weight excluding hydrogens is 382 g/mol. The van der Waals surface area contributed by atoms with Crippen molar-refractivity contribution in [1.29, 1.82) is 0 Å². The lowest BCUT2D eigenvalue weighted by Gasteiger charge is -2.32. The summed E-state index contributed by atoms with van der Waals surface area (Å²) in [6.45, 7) is 3.34.